The minimum absolute atomic E-state index is 0.217. The second-order valence-corrected chi connectivity index (χ2v) is 7.13. The molecule has 0 N–H and O–H groups in total. The number of hydrogen-bond acceptors (Lipinski definition) is 5. The largest absolute Gasteiger partial charge is 0.380 e. The number of fused-ring (bicyclic) bond motifs is 2. The number of nitrogens with zero attached hydrogens (tertiary/aromatic N) is 2. The molecule has 7 heteroatoms. The van der Waals surface area contributed by atoms with Crippen LogP contribution in [0.3, 0.4) is 0 Å². The van der Waals surface area contributed by atoms with E-state index in [2.05, 4.69) is 25.9 Å². The smallest absolute Gasteiger partial charge is 0.306 e. The Balaban J connectivity index is 2.43. The highest BCUT2D eigenvalue weighted by molar-refractivity contribution is 9.10. The van der Waals surface area contributed by atoms with Crippen molar-refractivity contribution >= 4 is 48.1 Å². The Bertz CT molecular complexity index is 971. The normalized spacial score (nSPS) is 12.0. The molecule has 1 heterocycles. The van der Waals surface area contributed by atoms with Crippen molar-refractivity contribution in [1.29, 1.82) is 0 Å². The Morgan fingerprint density at radius 3 is 2.24 bits per heavy atom. The van der Waals surface area contributed by atoms with Crippen LogP contribution < -0.4 is 4.18 Å². The first-order chi connectivity index (χ1) is 9.85. The molecule has 0 fully saturated rings. The van der Waals surface area contributed by atoms with Crippen molar-refractivity contribution in [2.75, 3.05) is 6.26 Å². The summed E-state index contributed by atoms with van der Waals surface area (Å²) >= 11 is 3.44. The van der Waals surface area contributed by atoms with Crippen LogP contribution in [0.2, 0.25) is 0 Å². The molecule has 3 aromatic rings. The number of hydrogen-bond donors (Lipinski definition) is 0. The van der Waals surface area contributed by atoms with Gasteiger partial charge in [-0.05, 0) is 46.6 Å². The van der Waals surface area contributed by atoms with Crippen LogP contribution >= 0.6 is 15.9 Å². The third-order valence-corrected chi connectivity index (χ3v) is 4.02. The highest BCUT2D eigenvalue weighted by Crippen LogP contribution is 2.34. The van der Waals surface area contributed by atoms with Crippen LogP contribution in [0.15, 0.2) is 34.8 Å². The zero-order valence-electron chi connectivity index (χ0n) is 11.3. The highest BCUT2D eigenvalue weighted by Gasteiger charge is 2.17. The average molecular weight is 367 g/mol. The van der Waals surface area contributed by atoms with Crippen molar-refractivity contribution in [3.05, 3.63) is 40.4 Å². The molecule has 3 rings (SSSR count). The molecular weight excluding hydrogens is 356 g/mol. The van der Waals surface area contributed by atoms with Crippen LogP contribution in [0, 0.1) is 6.92 Å². The van der Waals surface area contributed by atoms with Crippen LogP contribution in [0.25, 0.3) is 22.1 Å². The molecule has 0 saturated heterocycles. The van der Waals surface area contributed by atoms with E-state index in [1.165, 1.54) is 0 Å². The molecule has 0 aliphatic carbocycles. The second kappa shape index (κ2) is 4.92. The predicted octanol–water partition coefficient (Wildman–Crippen LogP) is 3.19. The first-order valence-electron chi connectivity index (χ1n) is 6.10. The van der Waals surface area contributed by atoms with Crippen molar-refractivity contribution in [2.45, 2.75) is 6.92 Å². The fraction of sp³-hybridized carbons (Fsp3) is 0.143. The molecule has 0 radical (unpaired) electrons. The van der Waals surface area contributed by atoms with Gasteiger partial charge in [-0.25, -0.2) is 9.97 Å². The van der Waals surface area contributed by atoms with E-state index >= 15 is 0 Å². The van der Waals surface area contributed by atoms with Crippen molar-refractivity contribution in [3.63, 3.8) is 0 Å². The molecule has 0 spiro atoms. The van der Waals surface area contributed by atoms with E-state index in [0.29, 0.717) is 22.1 Å². The maximum atomic E-state index is 11.5. The summed E-state index contributed by atoms with van der Waals surface area (Å²) in [7, 11) is -3.64. The molecule has 21 heavy (non-hydrogen) atoms. The molecule has 0 aliphatic rings. The molecule has 0 saturated carbocycles. The van der Waals surface area contributed by atoms with Gasteiger partial charge in [-0.2, -0.15) is 8.42 Å². The molecule has 2 aromatic carbocycles. The summed E-state index contributed by atoms with van der Waals surface area (Å²) < 4.78 is 28.8. The van der Waals surface area contributed by atoms with Crippen LogP contribution in [0.5, 0.6) is 5.75 Å². The van der Waals surface area contributed by atoms with Crippen molar-refractivity contribution in [2.24, 2.45) is 0 Å². The van der Waals surface area contributed by atoms with E-state index in [9.17, 15) is 8.42 Å². The van der Waals surface area contributed by atoms with E-state index in [4.69, 9.17) is 4.18 Å². The summed E-state index contributed by atoms with van der Waals surface area (Å²) in [4.78, 5) is 9.03. The molecule has 0 unspecified atom stereocenters. The van der Waals surface area contributed by atoms with Gasteiger partial charge in [0.25, 0.3) is 0 Å². The number of para-hydroxylation sites is 2. The lowest BCUT2D eigenvalue weighted by Crippen LogP contribution is -2.08. The molecule has 5 nitrogen and oxygen atoms in total. The Kier molecular flexibility index (Phi) is 3.33. The maximum Gasteiger partial charge on any atom is 0.306 e. The van der Waals surface area contributed by atoms with Crippen LogP contribution in [0.1, 0.15) is 5.56 Å². The van der Waals surface area contributed by atoms with Gasteiger partial charge in [-0.3, -0.25) is 0 Å². The van der Waals surface area contributed by atoms with Gasteiger partial charge in [0.1, 0.15) is 11.0 Å². The van der Waals surface area contributed by atoms with Gasteiger partial charge in [0, 0.05) is 4.47 Å². The van der Waals surface area contributed by atoms with Crippen LogP contribution in [-0.4, -0.2) is 24.6 Å². The molecule has 1 aromatic heterocycles. The molecule has 0 amide bonds. The highest BCUT2D eigenvalue weighted by atomic mass is 79.9. The number of aromatic nitrogens is 2. The lowest BCUT2D eigenvalue weighted by molar-refractivity contribution is 0.493. The second-order valence-electron chi connectivity index (χ2n) is 4.70. The average Bonchev–Trinajstić information content (AvgIpc) is 2.41. The summed E-state index contributed by atoms with van der Waals surface area (Å²) in [5.41, 5.74) is 3.08. The molecule has 108 valence electrons. The molecular formula is C14H11BrN2O3S. The first kappa shape index (κ1) is 14.2. The topological polar surface area (TPSA) is 69.2 Å². The van der Waals surface area contributed by atoms with Gasteiger partial charge >= 0.3 is 10.1 Å². The number of rotatable bonds is 2. The van der Waals surface area contributed by atoms with E-state index in [1.807, 2.05) is 24.3 Å². The summed E-state index contributed by atoms with van der Waals surface area (Å²) in [6.45, 7) is 1.77. The zero-order valence-corrected chi connectivity index (χ0v) is 13.7. The number of benzene rings is 2. The number of aryl methyl sites for hydroxylation is 1. The number of halogens is 1. The van der Waals surface area contributed by atoms with Crippen molar-refractivity contribution in [3.8, 4) is 5.75 Å². The minimum Gasteiger partial charge on any atom is -0.380 e. The summed E-state index contributed by atoms with van der Waals surface area (Å²) in [6.07, 6.45) is 1.01. The van der Waals surface area contributed by atoms with E-state index in [1.54, 1.807) is 13.0 Å². The van der Waals surface area contributed by atoms with E-state index in [-0.39, 0.29) is 5.75 Å². The first-order valence-corrected chi connectivity index (χ1v) is 8.71. The Morgan fingerprint density at radius 2 is 1.67 bits per heavy atom. The van der Waals surface area contributed by atoms with Gasteiger partial charge in [0.15, 0.2) is 5.75 Å². The third kappa shape index (κ3) is 2.71. The minimum atomic E-state index is -3.64. The standard InChI is InChI=1S/C14H11BrN2O3S/c1-8-7-9(15)12-13(14(8)20-21(2,18)19)17-11-6-4-3-5-10(11)16-12/h3-7H,1-2H3. The Labute approximate surface area is 130 Å². The molecule has 0 aliphatic heterocycles. The summed E-state index contributed by atoms with van der Waals surface area (Å²) in [6, 6.07) is 9.17. The van der Waals surface area contributed by atoms with Crippen LogP contribution in [0.4, 0.5) is 0 Å². The Hall–Kier alpha value is -1.73. The lowest BCUT2D eigenvalue weighted by atomic mass is 10.1. The maximum absolute atomic E-state index is 11.5. The molecule has 0 atom stereocenters. The zero-order chi connectivity index (χ0) is 15.2. The fourth-order valence-corrected chi connectivity index (χ4v) is 3.23. The Morgan fingerprint density at radius 1 is 1.10 bits per heavy atom. The molecule has 0 bridgehead atoms. The summed E-state index contributed by atoms with van der Waals surface area (Å²) in [5, 5.41) is 0. The quantitative estimate of drug-likeness (QED) is 0.514. The third-order valence-electron chi connectivity index (χ3n) is 2.95. The van der Waals surface area contributed by atoms with Gasteiger partial charge in [-0.1, -0.05) is 12.1 Å². The van der Waals surface area contributed by atoms with Crippen molar-refractivity contribution in [1.82, 2.24) is 9.97 Å². The predicted molar refractivity (Wildman–Crippen MR) is 85.0 cm³/mol. The van der Waals surface area contributed by atoms with Crippen LogP contribution in [-0.2, 0) is 10.1 Å². The van der Waals surface area contributed by atoms with E-state index < -0.39 is 10.1 Å². The van der Waals surface area contributed by atoms with Gasteiger partial charge < -0.3 is 4.18 Å². The monoisotopic (exact) mass is 366 g/mol. The summed E-state index contributed by atoms with van der Waals surface area (Å²) in [5.74, 6) is 0.217. The van der Waals surface area contributed by atoms with E-state index in [0.717, 1.165) is 16.2 Å². The lowest BCUT2D eigenvalue weighted by Gasteiger charge is -2.11. The van der Waals surface area contributed by atoms with Gasteiger partial charge in [0.05, 0.1) is 17.3 Å². The van der Waals surface area contributed by atoms with Gasteiger partial charge in [0.2, 0.25) is 0 Å². The fourth-order valence-electron chi connectivity index (χ4n) is 2.09. The van der Waals surface area contributed by atoms with Gasteiger partial charge in [-0.15, -0.1) is 0 Å². The van der Waals surface area contributed by atoms with Crippen molar-refractivity contribution < 1.29 is 12.6 Å². The SMILES string of the molecule is Cc1cc(Br)c2nc3ccccc3nc2c1OS(C)(=O)=O.